The highest BCUT2D eigenvalue weighted by Crippen LogP contribution is 2.41. The van der Waals surface area contributed by atoms with Crippen LogP contribution in [0.15, 0.2) is 51.2 Å². The molecule has 1 N–H and O–H groups in total. The number of hydrogen-bond donors (Lipinski definition) is 1. The minimum absolute atomic E-state index is 0.133. The highest BCUT2D eigenvalue weighted by Gasteiger charge is 2.17. The van der Waals surface area contributed by atoms with Gasteiger partial charge in [0.1, 0.15) is 5.17 Å². The second kappa shape index (κ2) is 5.54. The van der Waals surface area contributed by atoms with Crippen molar-refractivity contribution in [2.45, 2.75) is 16.7 Å². The van der Waals surface area contributed by atoms with Crippen molar-refractivity contribution < 1.29 is 4.79 Å². The SMILES string of the molecule is CNC(=O)c1ccc2c(c1)N=C(Cl)c1ccc(C)cc1S2. The van der Waals surface area contributed by atoms with Crippen LogP contribution < -0.4 is 5.32 Å². The molecular formula is C16H13ClN2OS. The quantitative estimate of drug-likeness (QED) is 0.859. The molecule has 3 nitrogen and oxygen atoms in total. The van der Waals surface area contributed by atoms with Crippen LogP contribution in [0.3, 0.4) is 0 Å². The standard InChI is InChI=1S/C16H13ClN2OS/c1-9-3-5-11-14(7-9)21-13-6-4-10(16(20)18-2)8-12(13)19-15(11)17/h3-8H,1-2H3,(H,18,20). The minimum atomic E-state index is -0.133. The number of aryl methyl sites for hydroxylation is 1. The molecule has 21 heavy (non-hydrogen) atoms. The number of nitrogens with one attached hydrogen (secondary N) is 1. The van der Waals surface area contributed by atoms with Gasteiger partial charge in [-0.05, 0) is 36.8 Å². The van der Waals surface area contributed by atoms with Gasteiger partial charge in [-0.3, -0.25) is 4.79 Å². The van der Waals surface area contributed by atoms with Crippen molar-refractivity contribution in [3.05, 3.63) is 53.1 Å². The lowest BCUT2D eigenvalue weighted by molar-refractivity contribution is 0.0963. The number of carbonyl (C=O) groups is 1. The van der Waals surface area contributed by atoms with Crippen molar-refractivity contribution in [1.82, 2.24) is 5.32 Å². The van der Waals surface area contributed by atoms with Crippen LogP contribution in [0.25, 0.3) is 0 Å². The molecule has 2 aromatic carbocycles. The Balaban J connectivity index is 2.13. The molecule has 0 spiro atoms. The van der Waals surface area contributed by atoms with E-state index in [0.717, 1.165) is 21.0 Å². The van der Waals surface area contributed by atoms with Crippen molar-refractivity contribution in [1.29, 1.82) is 0 Å². The van der Waals surface area contributed by atoms with E-state index in [9.17, 15) is 4.79 Å². The zero-order chi connectivity index (χ0) is 15.0. The van der Waals surface area contributed by atoms with Gasteiger partial charge in [-0.1, -0.05) is 35.5 Å². The van der Waals surface area contributed by atoms with Crippen LogP contribution in [0.4, 0.5) is 5.69 Å². The van der Waals surface area contributed by atoms with Crippen LogP contribution in [-0.2, 0) is 0 Å². The maximum atomic E-state index is 11.7. The highest BCUT2D eigenvalue weighted by molar-refractivity contribution is 7.99. The summed E-state index contributed by atoms with van der Waals surface area (Å²) in [7, 11) is 1.61. The molecule has 0 atom stereocenters. The van der Waals surface area contributed by atoms with Crippen molar-refractivity contribution in [3.8, 4) is 0 Å². The third-order valence-corrected chi connectivity index (χ3v) is 4.66. The van der Waals surface area contributed by atoms with Crippen molar-refractivity contribution in [2.75, 3.05) is 7.05 Å². The Bertz CT molecular complexity index is 771. The van der Waals surface area contributed by atoms with Crippen LogP contribution >= 0.6 is 23.4 Å². The summed E-state index contributed by atoms with van der Waals surface area (Å²) >= 11 is 7.95. The fourth-order valence-electron chi connectivity index (χ4n) is 2.15. The molecule has 1 aliphatic heterocycles. The Labute approximate surface area is 132 Å². The maximum absolute atomic E-state index is 11.7. The molecule has 3 rings (SSSR count). The lowest BCUT2D eigenvalue weighted by Gasteiger charge is -2.07. The van der Waals surface area contributed by atoms with E-state index in [0.29, 0.717) is 10.7 Å². The highest BCUT2D eigenvalue weighted by atomic mass is 35.5. The van der Waals surface area contributed by atoms with Crippen LogP contribution in [0, 0.1) is 6.92 Å². The first kappa shape index (κ1) is 14.2. The summed E-state index contributed by atoms with van der Waals surface area (Å²) in [6.07, 6.45) is 0. The van der Waals surface area contributed by atoms with Gasteiger partial charge in [0.15, 0.2) is 0 Å². The molecule has 0 unspecified atom stereocenters. The fourth-order valence-corrected chi connectivity index (χ4v) is 3.56. The Kier molecular flexibility index (Phi) is 3.74. The van der Waals surface area contributed by atoms with E-state index in [2.05, 4.69) is 16.4 Å². The van der Waals surface area contributed by atoms with E-state index < -0.39 is 0 Å². The van der Waals surface area contributed by atoms with Gasteiger partial charge in [-0.15, -0.1) is 0 Å². The van der Waals surface area contributed by atoms with Crippen molar-refractivity contribution in [3.63, 3.8) is 0 Å². The summed E-state index contributed by atoms with van der Waals surface area (Å²) in [5, 5.41) is 3.06. The molecule has 0 radical (unpaired) electrons. The predicted octanol–water partition coefficient (Wildman–Crippen LogP) is 4.14. The molecule has 0 bridgehead atoms. The number of aliphatic imine (C=N–C) groups is 1. The first-order chi connectivity index (χ1) is 10.1. The van der Waals surface area contributed by atoms with Gasteiger partial charge in [0.2, 0.25) is 0 Å². The second-order valence-corrected chi connectivity index (χ2v) is 6.21. The summed E-state index contributed by atoms with van der Waals surface area (Å²) in [5.74, 6) is -0.133. The molecule has 0 saturated carbocycles. The van der Waals surface area contributed by atoms with Gasteiger partial charge in [0, 0.05) is 28.0 Å². The van der Waals surface area contributed by atoms with Gasteiger partial charge < -0.3 is 5.32 Å². The Morgan fingerprint density at radius 1 is 1.19 bits per heavy atom. The predicted molar refractivity (Wildman–Crippen MR) is 87.2 cm³/mol. The Morgan fingerprint density at radius 2 is 2.00 bits per heavy atom. The maximum Gasteiger partial charge on any atom is 0.251 e. The normalized spacial score (nSPS) is 12.8. The lowest BCUT2D eigenvalue weighted by Crippen LogP contribution is -2.17. The number of nitrogens with zero attached hydrogens (tertiary/aromatic N) is 1. The number of hydrogen-bond acceptors (Lipinski definition) is 3. The van der Waals surface area contributed by atoms with E-state index >= 15 is 0 Å². The molecule has 0 aromatic heterocycles. The molecular weight excluding hydrogens is 304 g/mol. The third kappa shape index (κ3) is 2.69. The van der Waals surface area contributed by atoms with Gasteiger partial charge in [-0.25, -0.2) is 4.99 Å². The van der Waals surface area contributed by atoms with E-state index in [-0.39, 0.29) is 5.91 Å². The topological polar surface area (TPSA) is 41.5 Å². The molecule has 0 saturated heterocycles. The molecule has 1 amide bonds. The zero-order valence-electron chi connectivity index (χ0n) is 11.6. The molecule has 2 aromatic rings. The van der Waals surface area contributed by atoms with Crippen LogP contribution in [0.5, 0.6) is 0 Å². The van der Waals surface area contributed by atoms with E-state index in [1.54, 1.807) is 30.9 Å². The number of halogens is 1. The smallest absolute Gasteiger partial charge is 0.251 e. The largest absolute Gasteiger partial charge is 0.355 e. The number of benzene rings is 2. The first-order valence-corrected chi connectivity index (χ1v) is 7.67. The van der Waals surface area contributed by atoms with Gasteiger partial charge in [0.25, 0.3) is 5.91 Å². The molecule has 0 fully saturated rings. The summed E-state index contributed by atoms with van der Waals surface area (Å²) in [6, 6.07) is 11.6. The van der Waals surface area contributed by atoms with E-state index in [1.165, 1.54) is 5.56 Å². The fraction of sp³-hybridized carbons (Fsp3) is 0.125. The van der Waals surface area contributed by atoms with Crippen LogP contribution in [0.2, 0.25) is 0 Å². The van der Waals surface area contributed by atoms with Crippen molar-refractivity contribution >= 4 is 40.1 Å². The minimum Gasteiger partial charge on any atom is -0.355 e. The number of carbonyl (C=O) groups excluding carboxylic acids is 1. The molecule has 0 aliphatic carbocycles. The summed E-state index contributed by atoms with van der Waals surface area (Å²) in [5.41, 5.74) is 3.40. The third-order valence-electron chi connectivity index (χ3n) is 3.25. The van der Waals surface area contributed by atoms with Crippen LogP contribution in [-0.4, -0.2) is 18.1 Å². The summed E-state index contributed by atoms with van der Waals surface area (Å²) in [4.78, 5) is 18.3. The molecule has 1 aliphatic rings. The van der Waals surface area contributed by atoms with Gasteiger partial charge >= 0.3 is 0 Å². The van der Waals surface area contributed by atoms with E-state index in [1.807, 2.05) is 25.1 Å². The Morgan fingerprint density at radius 3 is 2.76 bits per heavy atom. The summed E-state index contributed by atoms with van der Waals surface area (Å²) < 4.78 is 0. The number of fused-ring (bicyclic) bond motifs is 2. The van der Waals surface area contributed by atoms with Crippen molar-refractivity contribution in [2.24, 2.45) is 4.99 Å². The molecule has 1 heterocycles. The van der Waals surface area contributed by atoms with Crippen LogP contribution in [0.1, 0.15) is 21.5 Å². The van der Waals surface area contributed by atoms with E-state index in [4.69, 9.17) is 11.6 Å². The summed E-state index contributed by atoms with van der Waals surface area (Å²) in [6.45, 7) is 2.05. The van der Waals surface area contributed by atoms with Gasteiger partial charge in [0.05, 0.1) is 5.69 Å². The molecule has 5 heteroatoms. The number of amides is 1. The second-order valence-electron chi connectivity index (χ2n) is 4.77. The zero-order valence-corrected chi connectivity index (χ0v) is 13.2. The average Bonchev–Trinajstić information content (AvgIpc) is 2.61. The average molecular weight is 317 g/mol. The number of rotatable bonds is 1. The monoisotopic (exact) mass is 316 g/mol. The Hall–Kier alpha value is -1.78. The molecule has 106 valence electrons. The van der Waals surface area contributed by atoms with Gasteiger partial charge in [-0.2, -0.15) is 0 Å². The first-order valence-electron chi connectivity index (χ1n) is 6.47. The lowest BCUT2D eigenvalue weighted by atomic mass is 10.1.